The van der Waals surface area contributed by atoms with Gasteiger partial charge >= 0.3 is 12.1 Å². The van der Waals surface area contributed by atoms with Crippen LogP contribution in [0.1, 0.15) is 69.1 Å². The van der Waals surface area contributed by atoms with Crippen LogP contribution >= 0.6 is 0 Å². The van der Waals surface area contributed by atoms with Crippen LogP contribution in [0, 0.1) is 0 Å². The van der Waals surface area contributed by atoms with Crippen molar-refractivity contribution in [1.29, 1.82) is 0 Å². The largest absolute Gasteiger partial charge is 0.479 e. The summed E-state index contributed by atoms with van der Waals surface area (Å²) in [6.07, 6.45) is 6.00. The number of fused-ring (bicyclic) bond motifs is 5. The molecule has 0 radical (unpaired) electrons. The Hall–Kier alpha value is -4.94. The maximum absolute atomic E-state index is 13.9. The molecule has 4 aliphatic rings. The number of ether oxygens (including phenoxy) is 3. The monoisotopic (exact) mass is 669 g/mol. The van der Waals surface area contributed by atoms with Crippen LogP contribution in [0.15, 0.2) is 34.2 Å². The van der Waals surface area contributed by atoms with E-state index in [1.54, 1.807) is 34.6 Å². The van der Waals surface area contributed by atoms with Crippen LogP contribution in [0.2, 0.25) is 0 Å². The summed E-state index contributed by atoms with van der Waals surface area (Å²) in [6, 6.07) is 7.54. The molecule has 14 nitrogen and oxygen atoms in total. The number of nitrogens with zero attached hydrogens (tertiary/aromatic N) is 7. The highest BCUT2D eigenvalue weighted by atomic mass is 16.6. The summed E-state index contributed by atoms with van der Waals surface area (Å²) in [4.78, 5) is 64.9. The molecule has 256 valence electrons. The second kappa shape index (κ2) is 13.2. The molecule has 0 N–H and O–H groups in total. The Balaban J connectivity index is 1.18. The maximum Gasteiger partial charge on any atom is 0.415 e. The number of benzene rings is 1. The molecule has 2 aromatic heterocycles. The first kappa shape index (κ1) is 32.6. The van der Waals surface area contributed by atoms with Crippen LogP contribution in [-0.2, 0) is 32.9 Å². The first-order valence-electron chi connectivity index (χ1n) is 17.1. The van der Waals surface area contributed by atoms with Crippen LogP contribution in [0.25, 0.3) is 32.7 Å². The molecule has 1 amide bonds. The quantitative estimate of drug-likeness (QED) is 0.115. The summed E-state index contributed by atoms with van der Waals surface area (Å²) in [6.45, 7) is 6.51. The highest BCUT2D eigenvalue weighted by Crippen LogP contribution is 2.44. The number of esters is 1. The summed E-state index contributed by atoms with van der Waals surface area (Å²) in [5.74, 6) is -1.05. The number of piperidine rings is 2. The topological polar surface area (TPSA) is 169 Å². The Morgan fingerprint density at radius 1 is 1.10 bits per heavy atom. The third kappa shape index (κ3) is 5.68. The van der Waals surface area contributed by atoms with Crippen molar-refractivity contribution in [3.63, 3.8) is 0 Å². The third-order valence-electron chi connectivity index (χ3n) is 10.5. The zero-order valence-corrected chi connectivity index (χ0v) is 27.8. The average Bonchev–Trinajstić information content (AvgIpc) is 3.49. The van der Waals surface area contributed by atoms with Gasteiger partial charge < -0.3 is 24.0 Å². The molecule has 0 aliphatic carbocycles. The van der Waals surface area contributed by atoms with Crippen molar-refractivity contribution in [2.75, 3.05) is 39.3 Å². The second-order valence-corrected chi connectivity index (χ2v) is 13.1. The molecule has 4 aliphatic heterocycles. The van der Waals surface area contributed by atoms with Gasteiger partial charge in [0.2, 0.25) is 11.4 Å². The number of aryl methyl sites for hydroxylation is 1. The number of aromatic nitrogens is 2. The fraction of sp³-hybridized carbons (Fsp3) is 0.514. The van der Waals surface area contributed by atoms with Crippen molar-refractivity contribution in [3.05, 3.63) is 61.8 Å². The first-order valence-corrected chi connectivity index (χ1v) is 17.1. The molecule has 2 fully saturated rings. The number of amides is 1. The van der Waals surface area contributed by atoms with E-state index in [0.717, 1.165) is 42.4 Å². The summed E-state index contributed by atoms with van der Waals surface area (Å²) >= 11 is 0. The highest BCUT2D eigenvalue weighted by Gasteiger charge is 2.49. The molecular weight excluding hydrogens is 630 g/mol. The lowest BCUT2D eigenvalue weighted by atomic mass is 9.84. The van der Waals surface area contributed by atoms with Crippen molar-refractivity contribution in [2.24, 2.45) is 5.11 Å². The zero-order chi connectivity index (χ0) is 34.3. The summed E-state index contributed by atoms with van der Waals surface area (Å²) < 4.78 is 18.8. The van der Waals surface area contributed by atoms with Gasteiger partial charge in [0.05, 0.1) is 29.0 Å². The number of pyridine rings is 2. The van der Waals surface area contributed by atoms with Gasteiger partial charge in [-0.2, -0.15) is 0 Å². The van der Waals surface area contributed by atoms with E-state index in [1.165, 1.54) is 19.3 Å². The molecule has 1 aromatic carbocycles. The third-order valence-corrected chi connectivity index (χ3v) is 10.5. The van der Waals surface area contributed by atoms with E-state index in [2.05, 4.69) is 14.9 Å². The number of Topliss-reactive ketones (excluding diaryl/α,β-unsaturated/α-hetero) is 1. The van der Waals surface area contributed by atoms with Gasteiger partial charge in [0, 0.05) is 35.0 Å². The molecular formula is C35H39N7O7. The number of carbonyl (C=O) groups excluding carboxylic acids is 3. The van der Waals surface area contributed by atoms with Crippen molar-refractivity contribution < 1.29 is 28.6 Å². The average molecular weight is 670 g/mol. The Bertz CT molecular complexity index is 1960. The minimum Gasteiger partial charge on any atom is -0.479 e. The van der Waals surface area contributed by atoms with E-state index in [4.69, 9.17) is 24.7 Å². The maximum atomic E-state index is 13.9. The zero-order valence-electron chi connectivity index (χ0n) is 27.8. The van der Waals surface area contributed by atoms with Gasteiger partial charge in [0.15, 0.2) is 12.4 Å². The van der Waals surface area contributed by atoms with Gasteiger partial charge in [0.1, 0.15) is 12.3 Å². The fourth-order valence-electron chi connectivity index (χ4n) is 7.93. The molecule has 0 saturated carbocycles. The predicted molar refractivity (Wildman–Crippen MR) is 179 cm³/mol. The summed E-state index contributed by atoms with van der Waals surface area (Å²) in [5, 5.41) is 4.08. The molecule has 0 unspecified atom stereocenters. The number of hydrogen-bond donors (Lipinski definition) is 0. The van der Waals surface area contributed by atoms with Crippen LogP contribution in [0.5, 0.6) is 11.5 Å². The van der Waals surface area contributed by atoms with Gasteiger partial charge in [0.25, 0.3) is 5.56 Å². The molecule has 7 rings (SSSR count). The Morgan fingerprint density at radius 3 is 2.59 bits per heavy atom. The second-order valence-electron chi connectivity index (χ2n) is 13.1. The summed E-state index contributed by atoms with van der Waals surface area (Å²) in [5.41, 5.74) is 10.1. The number of rotatable bonds is 7. The minimum atomic E-state index is -1.78. The summed E-state index contributed by atoms with van der Waals surface area (Å²) in [7, 11) is 0. The van der Waals surface area contributed by atoms with Gasteiger partial charge in [-0.1, -0.05) is 25.4 Å². The standard InChI is InChI=1S/C35H39N7O7/c1-3-23-24-16-22(48-34(46)41-14-10-21(11-15-41)40-12-6-5-7-13-40)8-9-27(24)38-31-25(23)19-42-28(31)17-26-32(33(42)45)47-20-29(43)35(26,4-2)49-30(44)18-37-39-36/h8-9,16-17,21H,3-7,10-15,18-20H2,1-2H3/t35-/m0/s1. The van der Waals surface area contributed by atoms with E-state index >= 15 is 0 Å². The van der Waals surface area contributed by atoms with Crippen LogP contribution in [-0.4, -0.2) is 82.6 Å². The first-order chi connectivity index (χ1) is 23.8. The highest BCUT2D eigenvalue weighted by molar-refractivity contribution is 5.95. The van der Waals surface area contributed by atoms with Gasteiger partial charge in [-0.15, -0.1) is 0 Å². The number of ketones is 1. The Morgan fingerprint density at radius 2 is 1.88 bits per heavy atom. The lowest BCUT2D eigenvalue weighted by Crippen LogP contribution is -2.48. The van der Waals surface area contributed by atoms with E-state index in [1.807, 2.05) is 13.0 Å². The van der Waals surface area contributed by atoms with Gasteiger partial charge in [-0.3, -0.25) is 19.0 Å². The molecule has 2 saturated heterocycles. The number of azide groups is 1. The lowest BCUT2D eigenvalue weighted by Gasteiger charge is -2.39. The van der Waals surface area contributed by atoms with Crippen molar-refractivity contribution in [1.82, 2.24) is 19.4 Å². The van der Waals surface area contributed by atoms with Crippen molar-refractivity contribution in [3.8, 4) is 22.9 Å². The number of likely N-dealkylation sites (tertiary alicyclic amines) is 2. The molecule has 49 heavy (non-hydrogen) atoms. The molecule has 0 spiro atoms. The van der Waals surface area contributed by atoms with Crippen LogP contribution < -0.4 is 15.0 Å². The van der Waals surface area contributed by atoms with E-state index < -0.39 is 36.1 Å². The molecule has 1 atom stereocenters. The van der Waals surface area contributed by atoms with E-state index in [9.17, 15) is 19.2 Å². The number of hydrogen-bond acceptors (Lipinski definition) is 10. The molecule has 6 heterocycles. The Labute approximate surface area is 282 Å². The normalized spacial score (nSPS) is 20.5. The SMILES string of the molecule is CCc1c2c(nc3ccc(OC(=O)N4CCC(N5CCCCC5)CC4)cc13)-c1cc3c(c(=O)n1C2)OCC(=O)[C@@]3(CC)OC(=O)CN=[N+]=[N-]. The van der Waals surface area contributed by atoms with Crippen molar-refractivity contribution in [2.45, 2.75) is 77.0 Å². The Kier molecular flexibility index (Phi) is 8.76. The molecule has 0 bridgehead atoms. The minimum absolute atomic E-state index is 0.0449. The number of carbonyl (C=O) groups is 3. The van der Waals surface area contributed by atoms with Crippen molar-refractivity contribution >= 4 is 28.7 Å². The smallest absolute Gasteiger partial charge is 0.415 e. The van der Waals surface area contributed by atoms with Crippen LogP contribution in [0.3, 0.4) is 0 Å². The predicted octanol–water partition coefficient (Wildman–Crippen LogP) is 4.86. The molecule has 14 heteroatoms. The molecule has 3 aromatic rings. The lowest BCUT2D eigenvalue weighted by molar-refractivity contribution is -0.171. The van der Waals surface area contributed by atoms with Gasteiger partial charge in [-0.05, 0) is 87.0 Å². The fourth-order valence-corrected chi connectivity index (χ4v) is 7.93. The van der Waals surface area contributed by atoms with Crippen LogP contribution in [0.4, 0.5) is 4.79 Å². The van der Waals surface area contributed by atoms with Gasteiger partial charge in [-0.25, -0.2) is 9.78 Å². The van der Waals surface area contributed by atoms with E-state index in [-0.39, 0.29) is 30.4 Å². The van der Waals surface area contributed by atoms with E-state index in [0.29, 0.717) is 48.2 Å².